The number of thioether (sulfide) groups is 1. The van der Waals surface area contributed by atoms with Crippen LogP contribution in [0.2, 0.25) is 0 Å². The van der Waals surface area contributed by atoms with E-state index in [9.17, 15) is 13.9 Å². The molecule has 0 saturated heterocycles. The summed E-state index contributed by atoms with van der Waals surface area (Å²) in [4.78, 5) is 1.05. The Morgan fingerprint density at radius 2 is 1.80 bits per heavy atom. The molecular formula is C16H16F2OS. The summed E-state index contributed by atoms with van der Waals surface area (Å²) in [5.41, 5.74) is 1.39. The van der Waals surface area contributed by atoms with Crippen molar-refractivity contribution in [2.45, 2.75) is 24.3 Å². The summed E-state index contributed by atoms with van der Waals surface area (Å²) < 4.78 is 26.5. The molecule has 1 unspecified atom stereocenters. The number of hydrogen-bond donors (Lipinski definition) is 1. The minimum absolute atomic E-state index is 0.114. The molecule has 2 aromatic carbocycles. The number of aryl methyl sites for hydroxylation is 1. The molecule has 2 aromatic rings. The van der Waals surface area contributed by atoms with Crippen molar-refractivity contribution in [3.63, 3.8) is 0 Å². The molecule has 0 radical (unpaired) electrons. The molecule has 1 atom stereocenters. The maximum atomic E-state index is 13.5. The van der Waals surface area contributed by atoms with Crippen LogP contribution in [0.3, 0.4) is 0 Å². The Labute approximate surface area is 121 Å². The zero-order chi connectivity index (χ0) is 14.5. The number of halogens is 2. The lowest BCUT2D eigenvalue weighted by atomic mass is 10.1. The van der Waals surface area contributed by atoms with Gasteiger partial charge in [0.15, 0.2) is 0 Å². The molecule has 106 valence electrons. The summed E-state index contributed by atoms with van der Waals surface area (Å²) in [5.74, 6) is -0.524. The highest BCUT2D eigenvalue weighted by Gasteiger charge is 2.11. The minimum Gasteiger partial charge on any atom is -0.392 e. The molecule has 0 fully saturated rings. The van der Waals surface area contributed by atoms with E-state index in [1.165, 1.54) is 17.3 Å². The van der Waals surface area contributed by atoms with Crippen LogP contribution in [-0.2, 0) is 6.42 Å². The molecule has 0 amide bonds. The number of aliphatic hydroxyl groups excluding tert-OH is 1. The van der Waals surface area contributed by atoms with Crippen LogP contribution in [0.25, 0.3) is 0 Å². The largest absolute Gasteiger partial charge is 0.392 e. The van der Waals surface area contributed by atoms with Crippen LogP contribution in [0.5, 0.6) is 0 Å². The molecule has 2 rings (SSSR count). The Balaban J connectivity index is 1.90. The summed E-state index contributed by atoms with van der Waals surface area (Å²) in [6.45, 7) is 2.01. The fourth-order valence-corrected chi connectivity index (χ4v) is 2.67. The third-order valence-electron chi connectivity index (χ3n) is 2.93. The second kappa shape index (κ2) is 6.86. The first-order valence-electron chi connectivity index (χ1n) is 6.36. The van der Waals surface area contributed by atoms with Crippen LogP contribution in [-0.4, -0.2) is 17.0 Å². The molecule has 4 heteroatoms. The van der Waals surface area contributed by atoms with Gasteiger partial charge < -0.3 is 5.11 Å². The molecule has 0 aliphatic carbocycles. The Bertz CT molecular complexity index is 569. The van der Waals surface area contributed by atoms with Gasteiger partial charge in [0.2, 0.25) is 0 Å². The highest BCUT2D eigenvalue weighted by molar-refractivity contribution is 7.99. The zero-order valence-electron chi connectivity index (χ0n) is 11.1. The van der Waals surface area contributed by atoms with Crippen molar-refractivity contribution in [2.24, 2.45) is 0 Å². The fourth-order valence-electron chi connectivity index (χ4n) is 1.84. The first-order valence-corrected chi connectivity index (χ1v) is 7.34. The molecule has 0 aliphatic heterocycles. The summed E-state index contributed by atoms with van der Waals surface area (Å²) in [7, 11) is 0. The Hall–Kier alpha value is -1.39. The van der Waals surface area contributed by atoms with E-state index >= 15 is 0 Å². The zero-order valence-corrected chi connectivity index (χ0v) is 12.0. The highest BCUT2D eigenvalue weighted by Crippen LogP contribution is 2.21. The number of benzene rings is 2. The lowest BCUT2D eigenvalue weighted by molar-refractivity contribution is 0.198. The molecule has 0 bridgehead atoms. The van der Waals surface area contributed by atoms with Crippen molar-refractivity contribution < 1.29 is 13.9 Å². The van der Waals surface area contributed by atoms with Gasteiger partial charge in [-0.1, -0.05) is 17.7 Å². The molecule has 1 nitrogen and oxygen atoms in total. The van der Waals surface area contributed by atoms with Gasteiger partial charge in [0.25, 0.3) is 0 Å². The predicted octanol–water partition coefficient (Wildman–Crippen LogP) is 3.97. The first kappa shape index (κ1) is 15.0. The monoisotopic (exact) mass is 294 g/mol. The standard InChI is InChI=1S/C16H16F2OS/c1-11-2-5-15(6-3-11)20-10-14(19)9-12-8-13(17)4-7-16(12)18/h2-8,14,19H,9-10H2,1H3. The van der Waals surface area contributed by atoms with Crippen molar-refractivity contribution in [1.29, 1.82) is 0 Å². The van der Waals surface area contributed by atoms with Gasteiger partial charge in [0.05, 0.1) is 6.10 Å². The van der Waals surface area contributed by atoms with Crippen LogP contribution in [0.15, 0.2) is 47.4 Å². The van der Waals surface area contributed by atoms with Gasteiger partial charge in [-0.25, -0.2) is 8.78 Å². The molecule has 0 aromatic heterocycles. The second-order valence-corrected chi connectivity index (χ2v) is 5.81. The topological polar surface area (TPSA) is 20.2 Å². The van der Waals surface area contributed by atoms with Crippen LogP contribution in [0.1, 0.15) is 11.1 Å². The average Bonchev–Trinajstić information content (AvgIpc) is 2.42. The van der Waals surface area contributed by atoms with E-state index in [-0.39, 0.29) is 12.0 Å². The van der Waals surface area contributed by atoms with Gasteiger partial charge in [-0.15, -0.1) is 11.8 Å². The third kappa shape index (κ3) is 4.32. The molecule has 0 spiro atoms. The van der Waals surface area contributed by atoms with Gasteiger partial charge >= 0.3 is 0 Å². The smallest absolute Gasteiger partial charge is 0.126 e. The lowest BCUT2D eigenvalue weighted by Gasteiger charge is -2.11. The minimum atomic E-state index is -0.711. The number of aliphatic hydroxyl groups is 1. The molecule has 0 saturated carbocycles. The quantitative estimate of drug-likeness (QED) is 0.842. The number of rotatable bonds is 5. The van der Waals surface area contributed by atoms with E-state index in [0.717, 1.165) is 23.1 Å². The maximum Gasteiger partial charge on any atom is 0.126 e. The fraction of sp³-hybridized carbons (Fsp3) is 0.250. The van der Waals surface area contributed by atoms with Crippen molar-refractivity contribution in [3.05, 3.63) is 65.2 Å². The molecule has 20 heavy (non-hydrogen) atoms. The second-order valence-electron chi connectivity index (χ2n) is 4.72. The van der Waals surface area contributed by atoms with Crippen molar-refractivity contribution in [1.82, 2.24) is 0 Å². The van der Waals surface area contributed by atoms with Gasteiger partial charge in [-0.05, 0) is 42.8 Å². The maximum absolute atomic E-state index is 13.5. The van der Waals surface area contributed by atoms with Gasteiger partial charge in [-0.2, -0.15) is 0 Å². The van der Waals surface area contributed by atoms with Crippen LogP contribution >= 0.6 is 11.8 Å². The van der Waals surface area contributed by atoms with E-state index in [2.05, 4.69) is 0 Å². The molecule has 0 heterocycles. The van der Waals surface area contributed by atoms with E-state index in [1.807, 2.05) is 31.2 Å². The summed E-state index contributed by atoms with van der Waals surface area (Å²) in [6.07, 6.45) is -0.597. The summed E-state index contributed by atoms with van der Waals surface area (Å²) >= 11 is 1.50. The third-order valence-corrected chi connectivity index (χ3v) is 4.08. The molecule has 0 aliphatic rings. The van der Waals surface area contributed by atoms with Crippen molar-refractivity contribution in [2.75, 3.05) is 5.75 Å². The number of hydrogen-bond acceptors (Lipinski definition) is 2. The van der Waals surface area contributed by atoms with E-state index < -0.39 is 17.7 Å². The average molecular weight is 294 g/mol. The van der Waals surface area contributed by atoms with Gasteiger partial charge in [0.1, 0.15) is 11.6 Å². The van der Waals surface area contributed by atoms with Crippen molar-refractivity contribution in [3.8, 4) is 0 Å². The Morgan fingerprint density at radius 3 is 2.50 bits per heavy atom. The van der Waals surface area contributed by atoms with E-state index in [0.29, 0.717) is 5.75 Å². The predicted molar refractivity (Wildman–Crippen MR) is 78.0 cm³/mol. The van der Waals surface area contributed by atoms with Gasteiger partial charge in [-0.3, -0.25) is 0 Å². The van der Waals surface area contributed by atoms with Crippen molar-refractivity contribution >= 4 is 11.8 Å². The van der Waals surface area contributed by atoms with Gasteiger partial charge in [0, 0.05) is 17.1 Å². The lowest BCUT2D eigenvalue weighted by Crippen LogP contribution is -2.14. The SMILES string of the molecule is Cc1ccc(SCC(O)Cc2cc(F)ccc2F)cc1. The highest BCUT2D eigenvalue weighted by atomic mass is 32.2. The van der Waals surface area contributed by atoms with Crippen LogP contribution in [0.4, 0.5) is 8.78 Å². The Kier molecular flexibility index (Phi) is 5.15. The van der Waals surface area contributed by atoms with E-state index in [4.69, 9.17) is 0 Å². The molecule has 1 N–H and O–H groups in total. The first-order chi connectivity index (χ1) is 9.54. The van der Waals surface area contributed by atoms with Crippen LogP contribution < -0.4 is 0 Å². The van der Waals surface area contributed by atoms with E-state index in [1.54, 1.807) is 0 Å². The Morgan fingerprint density at radius 1 is 1.10 bits per heavy atom. The molecular weight excluding hydrogens is 278 g/mol. The van der Waals surface area contributed by atoms with Crippen LogP contribution in [0, 0.1) is 18.6 Å². The normalized spacial score (nSPS) is 12.4. The summed E-state index contributed by atoms with van der Waals surface area (Å²) in [6, 6.07) is 11.3. The summed E-state index contributed by atoms with van der Waals surface area (Å²) in [5, 5.41) is 9.92.